The predicted molar refractivity (Wildman–Crippen MR) is 102 cm³/mol. The Hall–Kier alpha value is -2.81. The number of carbonyl (C=O) groups is 1. The van der Waals surface area contributed by atoms with E-state index in [1.165, 1.54) is 23.8 Å². The molecule has 0 aliphatic heterocycles. The van der Waals surface area contributed by atoms with Crippen LogP contribution in [0.25, 0.3) is 6.08 Å². The first-order valence-electron chi connectivity index (χ1n) is 8.23. The molecule has 0 aromatic heterocycles. The van der Waals surface area contributed by atoms with Crippen LogP contribution in [-0.4, -0.2) is 18.0 Å². The zero-order valence-electron chi connectivity index (χ0n) is 15.2. The van der Waals surface area contributed by atoms with E-state index in [1.54, 1.807) is 25.3 Å². The maximum Gasteiger partial charge on any atom is 0.185 e. The van der Waals surface area contributed by atoms with Crippen LogP contribution in [0.2, 0.25) is 0 Å². The Labute approximate surface area is 149 Å². The van der Waals surface area contributed by atoms with Gasteiger partial charge in [-0.1, -0.05) is 23.8 Å². The van der Waals surface area contributed by atoms with Crippen molar-refractivity contribution in [1.82, 2.24) is 0 Å². The van der Waals surface area contributed by atoms with Crippen LogP contribution in [0.5, 0.6) is 11.5 Å². The van der Waals surface area contributed by atoms with Crippen molar-refractivity contribution < 1.29 is 14.6 Å². The molecule has 0 heterocycles. The fourth-order valence-corrected chi connectivity index (χ4v) is 2.56. The van der Waals surface area contributed by atoms with Crippen molar-refractivity contribution in [3.05, 3.63) is 76.4 Å². The van der Waals surface area contributed by atoms with Crippen LogP contribution < -0.4 is 4.74 Å². The second-order valence-electron chi connectivity index (χ2n) is 6.21. The molecule has 0 radical (unpaired) electrons. The molecule has 0 bridgehead atoms. The molecule has 0 spiro atoms. The molecule has 0 atom stereocenters. The second-order valence-corrected chi connectivity index (χ2v) is 6.21. The average molecular weight is 336 g/mol. The summed E-state index contributed by atoms with van der Waals surface area (Å²) in [7, 11) is 1.65. The Bertz CT molecular complexity index is 808. The Morgan fingerprint density at radius 3 is 2.40 bits per heavy atom. The largest absolute Gasteiger partial charge is 0.508 e. The quantitative estimate of drug-likeness (QED) is 0.453. The maximum absolute atomic E-state index is 12.3. The average Bonchev–Trinajstić information content (AvgIpc) is 2.59. The minimum absolute atomic E-state index is 0.117. The van der Waals surface area contributed by atoms with Crippen molar-refractivity contribution in [3.8, 4) is 11.5 Å². The lowest BCUT2D eigenvalue weighted by Gasteiger charge is -2.13. The maximum atomic E-state index is 12.3. The van der Waals surface area contributed by atoms with Crippen LogP contribution in [0, 0.1) is 6.92 Å². The molecule has 0 fully saturated rings. The summed E-state index contributed by atoms with van der Waals surface area (Å²) in [4.78, 5) is 12.3. The lowest BCUT2D eigenvalue weighted by Crippen LogP contribution is -1.98. The molecule has 2 aromatic rings. The number of aromatic hydroxyl groups is 1. The van der Waals surface area contributed by atoms with E-state index in [9.17, 15) is 9.90 Å². The summed E-state index contributed by atoms with van der Waals surface area (Å²) in [5.41, 5.74) is 4.95. The lowest BCUT2D eigenvalue weighted by molar-refractivity contribution is 0.104. The number of rotatable bonds is 6. The third-order valence-electron chi connectivity index (χ3n) is 4.01. The molecule has 2 aromatic carbocycles. The number of allylic oxidation sites excluding steroid dienone is 3. The highest BCUT2D eigenvalue weighted by molar-refractivity contribution is 6.07. The first-order valence-corrected chi connectivity index (χ1v) is 8.23. The topological polar surface area (TPSA) is 46.5 Å². The number of phenolic OH excluding ortho intramolecular Hbond substituents is 1. The molecule has 0 saturated heterocycles. The zero-order valence-corrected chi connectivity index (χ0v) is 15.2. The van der Waals surface area contributed by atoms with Gasteiger partial charge in [-0.2, -0.15) is 0 Å². The number of hydrogen-bond donors (Lipinski definition) is 1. The summed E-state index contributed by atoms with van der Waals surface area (Å²) >= 11 is 0. The van der Waals surface area contributed by atoms with Crippen molar-refractivity contribution in [2.75, 3.05) is 7.11 Å². The fraction of sp³-hybridized carbons (Fsp3) is 0.227. The highest BCUT2D eigenvalue weighted by Gasteiger charge is 2.10. The first-order chi connectivity index (χ1) is 11.9. The number of benzene rings is 2. The van der Waals surface area contributed by atoms with E-state index in [-0.39, 0.29) is 11.5 Å². The highest BCUT2D eigenvalue weighted by Crippen LogP contribution is 2.29. The number of ether oxygens (including phenoxy) is 1. The van der Waals surface area contributed by atoms with Crippen molar-refractivity contribution in [2.24, 2.45) is 0 Å². The first kappa shape index (κ1) is 18.5. The summed E-state index contributed by atoms with van der Waals surface area (Å²) in [6, 6.07) is 10.2. The van der Waals surface area contributed by atoms with Gasteiger partial charge in [-0.05, 0) is 69.2 Å². The molecule has 130 valence electrons. The van der Waals surface area contributed by atoms with Crippen molar-refractivity contribution in [2.45, 2.75) is 27.2 Å². The van der Waals surface area contributed by atoms with Gasteiger partial charge >= 0.3 is 0 Å². The minimum atomic E-state index is -0.117. The van der Waals surface area contributed by atoms with Crippen LogP contribution in [0.4, 0.5) is 0 Å². The van der Waals surface area contributed by atoms with E-state index in [0.717, 1.165) is 28.9 Å². The van der Waals surface area contributed by atoms with Crippen molar-refractivity contribution >= 4 is 11.9 Å². The van der Waals surface area contributed by atoms with E-state index in [2.05, 4.69) is 26.8 Å². The van der Waals surface area contributed by atoms with E-state index >= 15 is 0 Å². The fourth-order valence-electron chi connectivity index (χ4n) is 2.56. The standard InChI is InChI=1S/C22H24O3/c1-15(2)5-13-20-16(3)6-7-18(22(20)25-4)10-14-21(24)17-8-11-19(23)12-9-17/h5-12,14,23H,13H2,1-4H3/b14-10+. The van der Waals surface area contributed by atoms with Crippen molar-refractivity contribution in [1.29, 1.82) is 0 Å². The van der Waals surface area contributed by atoms with Gasteiger partial charge in [-0.15, -0.1) is 0 Å². The van der Waals surface area contributed by atoms with E-state index in [4.69, 9.17) is 4.74 Å². The third kappa shape index (κ3) is 4.83. The highest BCUT2D eigenvalue weighted by atomic mass is 16.5. The molecule has 0 amide bonds. The van der Waals surface area contributed by atoms with Crippen LogP contribution in [-0.2, 0) is 6.42 Å². The Morgan fingerprint density at radius 2 is 1.80 bits per heavy atom. The van der Waals surface area contributed by atoms with Gasteiger partial charge in [-0.3, -0.25) is 4.79 Å². The second kappa shape index (κ2) is 8.34. The van der Waals surface area contributed by atoms with E-state index in [0.29, 0.717) is 5.56 Å². The summed E-state index contributed by atoms with van der Waals surface area (Å²) in [6.45, 7) is 6.20. The van der Waals surface area contributed by atoms with Crippen LogP contribution in [0.15, 0.2) is 54.1 Å². The molecule has 2 rings (SSSR count). The minimum Gasteiger partial charge on any atom is -0.508 e. The van der Waals surface area contributed by atoms with E-state index < -0.39 is 0 Å². The van der Waals surface area contributed by atoms with Gasteiger partial charge < -0.3 is 9.84 Å². The molecule has 0 unspecified atom stereocenters. The molecular formula is C22H24O3. The van der Waals surface area contributed by atoms with Gasteiger partial charge in [0.25, 0.3) is 0 Å². The van der Waals surface area contributed by atoms with Gasteiger partial charge in [0, 0.05) is 16.7 Å². The van der Waals surface area contributed by atoms with Crippen LogP contribution >= 0.6 is 0 Å². The zero-order chi connectivity index (χ0) is 18.4. The molecule has 1 N–H and O–H groups in total. The number of aryl methyl sites for hydroxylation is 1. The Morgan fingerprint density at radius 1 is 1.12 bits per heavy atom. The number of hydrogen-bond acceptors (Lipinski definition) is 3. The molecule has 0 aliphatic rings. The number of ketones is 1. The monoisotopic (exact) mass is 336 g/mol. The lowest BCUT2D eigenvalue weighted by atomic mass is 9.98. The van der Waals surface area contributed by atoms with Crippen molar-refractivity contribution in [3.63, 3.8) is 0 Å². The van der Waals surface area contributed by atoms with Gasteiger partial charge in [0.05, 0.1) is 7.11 Å². The summed E-state index contributed by atoms with van der Waals surface area (Å²) in [6.07, 6.45) is 6.27. The molecule has 25 heavy (non-hydrogen) atoms. The Balaban J connectivity index is 2.32. The van der Waals surface area contributed by atoms with Gasteiger partial charge in [0.2, 0.25) is 0 Å². The smallest absolute Gasteiger partial charge is 0.185 e. The van der Waals surface area contributed by atoms with Gasteiger partial charge in [0.15, 0.2) is 5.78 Å². The SMILES string of the molecule is COc1c(/C=C/C(=O)c2ccc(O)cc2)ccc(C)c1CC=C(C)C. The molecule has 0 aliphatic carbocycles. The predicted octanol–water partition coefficient (Wildman–Crippen LogP) is 5.11. The van der Waals surface area contributed by atoms with Gasteiger partial charge in [-0.25, -0.2) is 0 Å². The molecule has 3 nitrogen and oxygen atoms in total. The molecule has 3 heteroatoms. The summed E-state index contributed by atoms with van der Waals surface area (Å²) in [5, 5.41) is 9.31. The van der Waals surface area contributed by atoms with Crippen LogP contribution in [0.3, 0.4) is 0 Å². The normalized spacial score (nSPS) is 10.7. The molecular weight excluding hydrogens is 312 g/mol. The van der Waals surface area contributed by atoms with Crippen LogP contribution in [0.1, 0.15) is 40.9 Å². The third-order valence-corrected chi connectivity index (χ3v) is 4.01. The summed E-state index contributed by atoms with van der Waals surface area (Å²) in [5.74, 6) is 0.824. The number of phenols is 1. The molecule has 0 saturated carbocycles. The van der Waals surface area contributed by atoms with Gasteiger partial charge in [0.1, 0.15) is 11.5 Å². The number of carbonyl (C=O) groups excluding carboxylic acids is 1. The van der Waals surface area contributed by atoms with E-state index in [1.807, 2.05) is 12.1 Å². The summed E-state index contributed by atoms with van der Waals surface area (Å²) < 4.78 is 5.62. The Kier molecular flexibility index (Phi) is 6.18. The number of methoxy groups -OCH3 is 1.